The third kappa shape index (κ3) is 4.46. The Morgan fingerprint density at radius 2 is 1.92 bits per heavy atom. The van der Waals surface area contributed by atoms with Crippen LogP contribution in [0.3, 0.4) is 0 Å². The van der Waals surface area contributed by atoms with Gasteiger partial charge in [0, 0.05) is 17.9 Å². The molecule has 132 valence electrons. The van der Waals surface area contributed by atoms with Crippen LogP contribution in [0.15, 0.2) is 28.6 Å². The number of rotatable bonds is 2. The molecule has 0 saturated carbocycles. The van der Waals surface area contributed by atoms with Crippen molar-refractivity contribution in [3.05, 3.63) is 24.3 Å². The Morgan fingerprint density at radius 3 is 2.54 bits per heavy atom. The molecule has 2 amide bonds. The Labute approximate surface area is 138 Å². The van der Waals surface area contributed by atoms with E-state index in [0.29, 0.717) is 36.8 Å². The van der Waals surface area contributed by atoms with Crippen molar-refractivity contribution in [3.63, 3.8) is 0 Å². The summed E-state index contributed by atoms with van der Waals surface area (Å²) in [4.78, 5) is 11.9. The van der Waals surface area contributed by atoms with Crippen LogP contribution < -0.4 is 10.1 Å². The molecule has 3 rings (SSSR count). The molecule has 0 aromatic heterocycles. The van der Waals surface area contributed by atoms with Crippen molar-refractivity contribution in [3.8, 4) is 5.75 Å². The highest BCUT2D eigenvalue weighted by molar-refractivity contribution is 7.87. The predicted octanol–water partition coefficient (Wildman–Crippen LogP) is 3.07. The zero-order valence-corrected chi connectivity index (χ0v) is 13.3. The van der Waals surface area contributed by atoms with Gasteiger partial charge in [0.1, 0.15) is 5.75 Å². The Morgan fingerprint density at radius 1 is 1.25 bits per heavy atom. The van der Waals surface area contributed by atoms with Gasteiger partial charge in [0.05, 0.1) is 19.0 Å². The van der Waals surface area contributed by atoms with E-state index in [4.69, 9.17) is 9.47 Å². The lowest BCUT2D eigenvalue weighted by Crippen LogP contribution is -2.30. The Balaban J connectivity index is 1.56. The van der Waals surface area contributed by atoms with Crippen LogP contribution in [0.2, 0.25) is 0 Å². The summed E-state index contributed by atoms with van der Waals surface area (Å²) in [5, 5.41) is 2.52. The SMILES string of the molecule is O=C(N=[S@@]1CCC2(C1)OCCO2)Nc1ccc(OC(F)(F)F)cc1. The van der Waals surface area contributed by atoms with Gasteiger partial charge in [-0.15, -0.1) is 13.2 Å². The molecule has 2 aliphatic rings. The number of nitrogens with one attached hydrogen (secondary N) is 1. The maximum Gasteiger partial charge on any atom is 0.573 e. The van der Waals surface area contributed by atoms with Crippen molar-refractivity contribution >= 4 is 22.4 Å². The van der Waals surface area contributed by atoms with Crippen molar-refractivity contribution in [2.75, 3.05) is 30.0 Å². The number of benzene rings is 1. The lowest BCUT2D eigenvalue weighted by molar-refractivity contribution is -0.274. The number of nitrogens with zero attached hydrogens (tertiary/aromatic N) is 1. The van der Waals surface area contributed by atoms with Crippen LogP contribution in [-0.2, 0) is 20.2 Å². The quantitative estimate of drug-likeness (QED) is 0.876. The van der Waals surface area contributed by atoms with Crippen molar-refractivity contribution in [1.29, 1.82) is 0 Å². The molecule has 1 aromatic carbocycles. The topological polar surface area (TPSA) is 69.2 Å². The van der Waals surface area contributed by atoms with Gasteiger partial charge in [-0.05, 0) is 24.3 Å². The molecular formula is C14H15F3N2O4S. The number of urea groups is 1. The van der Waals surface area contributed by atoms with Gasteiger partial charge in [0.15, 0.2) is 5.79 Å². The minimum atomic E-state index is -4.75. The van der Waals surface area contributed by atoms with Gasteiger partial charge in [-0.25, -0.2) is 4.79 Å². The van der Waals surface area contributed by atoms with Gasteiger partial charge in [0.2, 0.25) is 0 Å². The largest absolute Gasteiger partial charge is 0.573 e. The van der Waals surface area contributed by atoms with Crippen LogP contribution in [0.5, 0.6) is 5.75 Å². The number of carbonyl (C=O) groups excluding carboxylic acids is 1. The third-order valence-electron chi connectivity index (χ3n) is 3.47. The van der Waals surface area contributed by atoms with E-state index in [0.717, 1.165) is 12.1 Å². The number of hydrogen-bond acceptors (Lipinski definition) is 4. The molecule has 2 saturated heterocycles. The fraction of sp³-hybridized carbons (Fsp3) is 0.500. The minimum absolute atomic E-state index is 0.337. The second kappa shape index (κ2) is 6.69. The number of carbonyl (C=O) groups is 1. The van der Waals surface area contributed by atoms with E-state index >= 15 is 0 Å². The van der Waals surface area contributed by atoms with Crippen molar-refractivity contribution in [2.45, 2.75) is 18.6 Å². The summed E-state index contributed by atoms with van der Waals surface area (Å²) < 4.78 is 55.2. The molecule has 0 unspecified atom stereocenters. The molecule has 0 bridgehead atoms. The number of alkyl halides is 3. The predicted molar refractivity (Wildman–Crippen MR) is 80.9 cm³/mol. The first kappa shape index (κ1) is 17.2. The molecule has 1 spiro atoms. The van der Waals surface area contributed by atoms with Gasteiger partial charge in [-0.2, -0.15) is 4.36 Å². The van der Waals surface area contributed by atoms with Gasteiger partial charge < -0.3 is 19.5 Å². The summed E-state index contributed by atoms with van der Waals surface area (Å²) in [6.07, 6.45) is -4.04. The number of anilines is 1. The minimum Gasteiger partial charge on any atom is -0.406 e. The second-order valence-corrected chi connectivity index (χ2v) is 7.07. The van der Waals surface area contributed by atoms with Gasteiger partial charge >= 0.3 is 12.4 Å². The number of ether oxygens (including phenoxy) is 3. The van der Waals surface area contributed by atoms with Gasteiger partial charge in [-0.3, -0.25) is 0 Å². The van der Waals surface area contributed by atoms with Gasteiger partial charge in [0.25, 0.3) is 0 Å². The molecule has 24 heavy (non-hydrogen) atoms. The van der Waals surface area contributed by atoms with Crippen LogP contribution >= 0.6 is 0 Å². The zero-order chi connectivity index (χ0) is 17.2. The maximum atomic E-state index is 12.1. The van der Waals surface area contributed by atoms with Crippen molar-refractivity contribution in [2.24, 2.45) is 4.36 Å². The van der Waals surface area contributed by atoms with E-state index in [9.17, 15) is 18.0 Å². The Kier molecular flexibility index (Phi) is 4.79. The second-order valence-electron chi connectivity index (χ2n) is 5.26. The molecule has 1 aromatic rings. The summed E-state index contributed by atoms with van der Waals surface area (Å²) in [5.74, 6) is 0.321. The van der Waals surface area contributed by atoms with Crippen LogP contribution in [0.4, 0.5) is 23.7 Å². The summed E-state index contributed by atoms with van der Waals surface area (Å²) in [6.45, 7) is 1.10. The fourth-order valence-corrected chi connectivity index (χ4v) is 4.42. The van der Waals surface area contributed by atoms with E-state index in [1.807, 2.05) is 0 Å². The molecule has 10 heteroatoms. The van der Waals surface area contributed by atoms with Gasteiger partial charge in [-0.1, -0.05) is 10.7 Å². The highest BCUT2D eigenvalue weighted by Gasteiger charge is 2.42. The lowest BCUT2D eigenvalue weighted by Gasteiger charge is -2.19. The molecule has 1 N–H and O–H groups in total. The third-order valence-corrected chi connectivity index (χ3v) is 5.34. The monoisotopic (exact) mass is 364 g/mol. The Hall–Kier alpha value is -1.65. The number of hydrogen-bond donors (Lipinski definition) is 1. The first-order valence-corrected chi connectivity index (χ1v) is 8.70. The summed E-state index contributed by atoms with van der Waals surface area (Å²) in [7, 11) is -0.488. The van der Waals surface area contributed by atoms with Crippen molar-refractivity contribution < 1.29 is 32.2 Å². The highest BCUT2D eigenvalue weighted by atomic mass is 32.2. The number of amides is 2. The fourth-order valence-electron chi connectivity index (χ4n) is 2.48. The molecule has 0 aliphatic carbocycles. The molecule has 6 nitrogen and oxygen atoms in total. The highest BCUT2D eigenvalue weighted by Crippen LogP contribution is 2.31. The molecule has 0 radical (unpaired) electrons. The average molecular weight is 364 g/mol. The number of halogens is 3. The molecule has 2 heterocycles. The standard InChI is InChI=1S/C14H15F3N2O4S/c15-14(16,17)23-11-3-1-10(2-4-11)18-12(20)19-24-8-5-13(9-24)21-6-7-22-13/h1-4H,5-9H2,(H,18,20)/t24-/m1/s1. The first-order chi connectivity index (χ1) is 11.3. The van der Waals surface area contributed by atoms with Crippen LogP contribution in [-0.4, -0.2) is 42.9 Å². The molecular weight excluding hydrogens is 349 g/mol. The summed E-state index contributed by atoms with van der Waals surface area (Å²) in [5.41, 5.74) is 0.337. The first-order valence-electron chi connectivity index (χ1n) is 7.18. The summed E-state index contributed by atoms with van der Waals surface area (Å²) in [6, 6.07) is 4.33. The van der Waals surface area contributed by atoms with Crippen LogP contribution in [0, 0.1) is 0 Å². The normalized spacial score (nSPS) is 22.9. The summed E-state index contributed by atoms with van der Waals surface area (Å²) >= 11 is 0. The van der Waals surface area contributed by atoms with Crippen LogP contribution in [0.25, 0.3) is 0 Å². The van der Waals surface area contributed by atoms with E-state index in [2.05, 4.69) is 14.4 Å². The Bertz CT molecular complexity index is 642. The maximum absolute atomic E-state index is 12.1. The average Bonchev–Trinajstić information content (AvgIpc) is 3.10. The molecule has 1 atom stereocenters. The van der Waals surface area contributed by atoms with Crippen LogP contribution in [0.1, 0.15) is 6.42 Å². The van der Waals surface area contributed by atoms with Crippen molar-refractivity contribution in [1.82, 2.24) is 0 Å². The van der Waals surface area contributed by atoms with E-state index < -0.39 is 28.9 Å². The van der Waals surface area contributed by atoms with E-state index in [-0.39, 0.29) is 5.75 Å². The lowest BCUT2D eigenvalue weighted by atomic mass is 10.2. The smallest absolute Gasteiger partial charge is 0.406 e. The molecule has 2 fully saturated rings. The van der Waals surface area contributed by atoms with E-state index in [1.165, 1.54) is 12.1 Å². The van der Waals surface area contributed by atoms with E-state index in [1.54, 1.807) is 0 Å². The zero-order valence-electron chi connectivity index (χ0n) is 12.5. The molecule has 2 aliphatic heterocycles.